The SMILES string of the molecule is COc1cc(-c2cc(C)c3c(O)n(-c4ccn([C@@H]5CCOC5)n4)cc3n2)cnc1F. The van der Waals surface area contributed by atoms with Gasteiger partial charge in [0.25, 0.3) is 5.95 Å². The fourth-order valence-corrected chi connectivity index (χ4v) is 3.81. The Kier molecular flexibility index (Phi) is 4.39. The molecule has 5 heterocycles. The summed E-state index contributed by atoms with van der Waals surface area (Å²) in [5, 5.41) is 16.1. The van der Waals surface area contributed by atoms with Gasteiger partial charge in [-0.15, -0.1) is 0 Å². The molecule has 1 N–H and O–H groups in total. The van der Waals surface area contributed by atoms with Gasteiger partial charge in [-0.05, 0) is 31.0 Å². The van der Waals surface area contributed by atoms with Crippen LogP contribution >= 0.6 is 0 Å². The lowest BCUT2D eigenvalue weighted by Crippen LogP contribution is -2.09. The second-order valence-corrected chi connectivity index (χ2v) is 7.30. The summed E-state index contributed by atoms with van der Waals surface area (Å²) in [7, 11) is 1.39. The van der Waals surface area contributed by atoms with Gasteiger partial charge < -0.3 is 14.6 Å². The Bertz CT molecular complexity index is 1240. The number of ether oxygens (including phenoxy) is 2. The minimum atomic E-state index is -0.675. The molecule has 0 aromatic carbocycles. The molecule has 8 nitrogen and oxygen atoms in total. The van der Waals surface area contributed by atoms with Gasteiger partial charge in [-0.25, -0.2) is 9.97 Å². The van der Waals surface area contributed by atoms with Crippen molar-refractivity contribution in [1.82, 2.24) is 24.3 Å². The van der Waals surface area contributed by atoms with Crippen LogP contribution in [-0.2, 0) is 4.74 Å². The number of aryl methyl sites for hydroxylation is 1. The van der Waals surface area contributed by atoms with Gasteiger partial charge in [0.2, 0.25) is 5.88 Å². The zero-order valence-electron chi connectivity index (χ0n) is 16.5. The molecule has 5 rings (SSSR count). The molecule has 4 aromatic rings. The van der Waals surface area contributed by atoms with E-state index in [1.54, 1.807) is 16.8 Å². The van der Waals surface area contributed by atoms with Crippen LogP contribution in [0.25, 0.3) is 28.0 Å². The second-order valence-electron chi connectivity index (χ2n) is 7.30. The first kappa shape index (κ1) is 18.6. The number of methoxy groups -OCH3 is 1. The van der Waals surface area contributed by atoms with Crippen molar-refractivity contribution in [3.63, 3.8) is 0 Å². The molecule has 1 aliphatic heterocycles. The highest BCUT2D eigenvalue weighted by Crippen LogP contribution is 2.34. The third-order valence-electron chi connectivity index (χ3n) is 5.39. The normalized spacial score (nSPS) is 16.4. The highest BCUT2D eigenvalue weighted by molar-refractivity contribution is 5.90. The Morgan fingerprint density at radius 3 is 2.97 bits per heavy atom. The molecular weight excluding hydrogens is 389 g/mol. The maximum atomic E-state index is 13.7. The molecule has 0 spiro atoms. The van der Waals surface area contributed by atoms with Crippen molar-refractivity contribution in [3.05, 3.63) is 48.3 Å². The van der Waals surface area contributed by atoms with Gasteiger partial charge in [-0.2, -0.15) is 9.49 Å². The van der Waals surface area contributed by atoms with Crippen molar-refractivity contribution in [2.45, 2.75) is 19.4 Å². The molecular formula is C21H20FN5O3. The van der Waals surface area contributed by atoms with Crippen molar-refractivity contribution in [2.24, 2.45) is 0 Å². The van der Waals surface area contributed by atoms with Crippen LogP contribution in [0.1, 0.15) is 18.0 Å². The van der Waals surface area contributed by atoms with E-state index in [0.29, 0.717) is 34.6 Å². The fourth-order valence-electron chi connectivity index (χ4n) is 3.81. The molecule has 1 fully saturated rings. The summed E-state index contributed by atoms with van der Waals surface area (Å²) in [6, 6.07) is 5.44. The molecule has 0 saturated carbocycles. The zero-order chi connectivity index (χ0) is 20.8. The van der Waals surface area contributed by atoms with E-state index in [4.69, 9.17) is 9.47 Å². The smallest absolute Gasteiger partial charge is 0.255 e. The Labute approximate surface area is 171 Å². The van der Waals surface area contributed by atoms with Crippen molar-refractivity contribution in [3.8, 4) is 28.7 Å². The Hall–Kier alpha value is -3.46. The number of halogens is 1. The number of aromatic nitrogens is 5. The van der Waals surface area contributed by atoms with Crippen molar-refractivity contribution in [1.29, 1.82) is 0 Å². The first-order valence-corrected chi connectivity index (χ1v) is 9.60. The predicted molar refractivity (Wildman–Crippen MR) is 107 cm³/mol. The van der Waals surface area contributed by atoms with Crippen LogP contribution in [0.3, 0.4) is 0 Å². The first-order chi connectivity index (χ1) is 14.5. The van der Waals surface area contributed by atoms with Crippen LogP contribution in [0.15, 0.2) is 36.8 Å². The van der Waals surface area contributed by atoms with Crippen molar-refractivity contribution in [2.75, 3.05) is 20.3 Å². The van der Waals surface area contributed by atoms with Crippen LogP contribution < -0.4 is 4.74 Å². The molecule has 30 heavy (non-hydrogen) atoms. The molecule has 0 unspecified atom stereocenters. The minimum Gasteiger partial charge on any atom is -0.494 e. The minimum absolute atomic E-state index is 0.0499. The van der Waals surface area contributed by atoms with Crippen molar-refractivity contribution >= 4 is 10.9 Å². The molecule has 4 aromatic heterocycles. The molecule has 0 aliphatic carbocycles. The van der Waals surface area contributed by atoms with Gasteiger partial charge in [-0.3, -0.25) is 9.25 Å². The molecule has 1 aliphatic rings. The van der Waals surface area contributed by atoms with Crippen LogP contribution in [-0.4, -0.2) is 49.7 Å². The highest BCUT2D eigenvalue weighted by atomic mass is 19.1. The monoisotopic (exact) mass is 409 g/mol. The van der Waals surface area contributed by atoms with E-state index in [0.717, 1.165) is 18.6 Å². The summed E-state index contributed by atoms with van der Waals surface area (Å²) in [5.74, 6) is 0.0488. The Balaban J connectivity index is 1.58. The van der Waals surface area contributed by atoms with Gasteiger partial charge in [0, 0.05) is 36.8 Å². The number of hydrogen-bond donors (Lipinski definition) is 1. The number of rotatable bonds is 4. The van der Waals surface area contributed by atoms with E-state index in [1.807, 2.05) is 29.9 Å². The van der Waals surface area contributed by atoms with E-state index >= 15 is 0 Å². The van der Waals surface area contributed by atoms with Gasteiger partial charge in [0.15, 0.2) is 11.6 Å². The number of aromatic hydroxyl groups is 1. The van der Waals surface area contributed by atoms with E-state index in [2.05, 4.69) is 15.1 Å². The number of fused-ring (bicyclic) bond motifs is 1. The topological polar surface area (TPSA) is 87.2 Å². The Morgan fingerprint density at radius 1 is 1.33 bits per heavy atom. The lowest BCUT2D eigenvalue weighted by atomic mass is 10.1. The zero-order valence-corrected chi connectivity index (χ0v) is 16.5. The maximum absolute atomic E-state index is 13.7. The number of pyridine rings is 2. The number of hydrogen-bond acceptors (Lipinski definition) is 6. The molecule has 1 atom stereocenters. The molecule has 0 amide bonds. The lowest BCUT2D eigenvalue weighted by Gasteiger charge is -2.07. The van der Waals surface area contributed by atoms with Crippen LogP contribution in [0, 0.1) is 12.9 Å². The number of nitrogens with zero attached hydrogens (tertiary/aromatic N) is 5. The quantitative estimate of drug-likeness (QED) is 0.520. The largest absolute Gasteiger partial charge is 0.494 e. The average molecular weight is 409 g/mol. The van der Waals surface area contributed by atoms with Gasteiger partial charge in [-0.1, -0.05) is 0 Å². The summed E-state index contributed by atoms with van der Waals surface area (Å²) in [6.07, 6.45) is 5.96. The first-order valence-electron chi connectivity index (χ1n) is 9.60. The van der Waals surface area contributed by atoms with Gasteiger partial charge in [0.05, 0.1) is 36.4 Å². The van der Waals surface area contributed by atoms with Crippen LogP contribution in [0.5, 0.6) is 11.6 Å². The maximum Gasteiger partial charge on any atom is 0.255 e. The van der Waals surface area contributed by atoms with Crippen molar-refractivity contribution < 1.29 is 19.0 Å². The highest BCUT2D eigenvalue weighted by Gasteiger charge is 2.21. The van der Waals surface area contributed by atoms with Gasteiger partial charge >= 0.3 is 0 Å². The third-order valence-corrected chi connectivity index (χ3v) is 5.39. The van der Waals surface area contributed by atoms with Crippen LogP contribution in [0.2, 0.25) is 0 Å². The second kappa shape index (κ2) is 7.10. The molecule has 1 saturated heterocycles. The Morgan fingerprint density at radius 2 is 2.20 bits per heavy atom. The summed E-state index contributed by atoms with van der Waals surface area (Å²) in [6.45, 7) is 3.26. The van der Waals surface area contributed by atoms with Gasteiger partial charge in [0.1, 0.15) is 0 Å². The summed E-state index contributed by atoms with van der Waals surface area (Å²) >= 11 is 0. The molecule has 9 heteroatoms. The summed E-state index contributed by atoms with van der Waals surface area (Å²) < 4.78 is 27.6. The molecule has 0 radical (unpaired) electrons. The summed E-state index contributed by atoms with van der Waals surface area (Å²) in [4.78, 5) is 8.39. The third kappa shape index (κ3) is 2.98. The summed E-state index contributed by atoms with van der Waals surface area (Å²) in [5.41, 5.74) is 2.66. The van der Waals surface area contributed by atoms with E-state index in [9.17, 15) is 9.50 Å². The molecule has 154 valence electrons. The average Bonchev–Trinajstić information content (AvgIpc) is 3.48. The molecule has 0 bridgehead atoms. The van der Waals surface area contributed by atoms with E-state index in [-0.39, 0.29) is 17.7 Å². The fraction of sp³-hybridized carbons (Fsp3) is 0.286. The van der Waals surface area contributed by atoms with Crippen LogP contribution in [0.4, 0.5) is 4.39 Å². The lowest BCUT2D eigenvalue weighted by molar-refractivity contribution is 0.184. The van der Waals surface area contributed by atoms with E-state index in [1.165, 1.54) is 13.3 Å². The standard InChI is InChI=1S/C21H20FN5O3/c1-12-7-15(13-8-17(29-2)20(22)23-9-13)24-16-10-26(21(28)19(12)16)18-3-5-27(25-18)14-4-6-30-11-14/h3,5,7-10,14,28H,4,6,11H2,1-2H3/t14-/m1/s1. The predicted octanol–water partition coefficient (Wildman–Crippen LogP) is 3.41. The van der Waals surface area contributed by atoms with E-state index < -0.39 is 5.95 Å².